The molecular weight excluding hydrogens is 300 g/mol. The SMILES string of the molecule is Cc1ccc(C(C)Nc2ccc(Br)nc2C)cc1C. The highest BCUT2D eigenvalue weighted by molar-refractivity contribution is 9.10. The molecular formula is C16H19BrN2. The van der Waals surface area contributed by atoms with Crippen molar-refractivity contribution in [1.29, 1.82) is 0 Å². The Bertz CT molecular complexity index is 593. The maximum absolute atomic E-state index is 4.41. The van der Waals surface area contributed by atoms with Gasteiger partial charge in [-0.2, -0.15) is 0 Å². The Morgan fingerprint density at radius 2 is 1.79 bits per heavy atom. The van der Waals surface area contributed by atoms with Gasteiger partial charge in [-0.3, -0.25) is 0 Å². The van der Waals surface area contributed by atoms with Crippen LogP contribution in [-0.4, -0.2) is 4.98 Å². The van der Waals surface area contributed by atoms with Crippen LogP contribution < -0.4 is 5.32 Å². The molecule has 3 heteroatoms. The summed E-state index contributed by atoms with van der Waals surface area (Å²) in [7, 11) is 0. The van der Waals surface area contributed by atoms with E-state index in [0.29, 0.717) is 0 Å². The number of anilines is 1. The summed E-state index contributed by atoms with van der Waals surface area (Å²) in [5, 5.41) is 3.52. The molecule has 0 aliphatic heterocycles. The van der Waals surface area contributed by atoms with Gasteiger partial charge in [0.2, 0.25) is 0 Å². The van der Waals surface area contributed by atoms with E-state index in [9.17, 15) is 0 Å². The van der Waals surface area contributed by atoms with Crippen LogP contribution in [0.15, 0.2) is 34.9 Å². The molecule has 100 valence electrons. The first-order valence-electron chi connectivity index (χ1n) is 6.44. The van der Waals surface area contributed by atoms with Crippen molar-refractivity contribution < 1.29 is 0 Å². The number of hydrogen-bond donors (Lipinski definition) is 1. The van der Waals surface area contributed by atoms with Gasteiger partial charge in [0, 0.05) is 6.04 Å². The average Bonchev–Trinajstić information content (AvgIpc) is 2.36. The van der Waals surface area contributed by atoms with Crippen LogP contribution in [0.4, 0.5) is 5.69 Å². The molecule has 1 heterocycles. The van der Waals surface area contributed by atoms with Gasteiger partial charge in [0.1, 0.15) is 4.60 Å². The maximum Gasteiger partial charge on any atom is 0.106 e. The first-order chi connectivity index (χ1) is 8.97. The fourth-order valence-corrected chi connectivity index (χ4v) is 2.43. The second-order valence-electron chi connectivity index (χ2n) is 4.98. The molecule has 1 aromatic heterocycles. The highest BCUT2D eigenvalue weighted by Gasteiger charge is 2.08. The van der Waals surface area contributed by atoms with Crippen LogP contribution in [0.5, 0.6) is 0 Å². The molecule has 2 rings (SSSR count). The van der Waals surface area contributed by atoms with Gasteiger partial charge in [0.05, 0.1) is 11.4 Å². The van der Waals surface area contributed by atoms with Gasteiger partial charge >= 0.3 is 0 Å². The number of aryl methyl sites for hydroxylation is 3. The Balaban J connectivity index is 2.20. The van der Waals surface area contributed by atoms with Crippen molar-refractivity contribution in [3.05, 3.63) is 57.3 Å². The van der Waals surface area contributed by atoms with E-state index in [1.165, 1.54) is 16.7 Å². The molecule has 2 nitrogen and oxygen atoms in total. The molecule has 0 aliphatic carbocycles. The van der Waals surface area contributed by atoms with E-state index < -0.39 is 0 Å². The van der Waals surface area contributed by atoms with E-state index >= 15 is 0 Å². The fraction of sp³-hybridized carbons (Fsp3) is 0.312. The van der Waals surface area contributed by atoms with E-state index in [4.69, 9.17) is 0 Å². The van der Waals surface area contributed by atoms with Gasteiger partial charge in [0.15, 0.2) is 0 Å². The van der Waals surface area contributed by atoms with Crippen LogP contribution in [0.25, 0.3) is 0 Å². The van der Waals surface area contributed by atoms with Crippen LogP contribution in [0.1, 0.15) is 35.3 Å². The molecule has 0 spiro atoms. The number of aromatic nitrogens is 1. The minimum atomic E-state index is 0.265. The Hall–Kier alpha value is -1.35. The van der Waals surface area contributed by atoms with Crippen LogP contribution in [0.3, 0.4) is 0 Å². The minimum absolute atomic E-state index is 0.265. The monoisotopic (exact) mass is 318 g/mol. The van der Waals surface area contributed by atoms with Crippen molar-refractivity contribution in [2.45, 2.75) is 33.7 Å². The van der Waals surface area contributed by atoms with Crippen LogP contribution in [0.2, 0.25) is 0 Å². The van der Waals surface area contributed by atoms with Crippen molar-refractivity contribution in [3.8, 4) is 0 Å². The second kappa shape index (κ2) is 5.74. The van der Waals surface area contributed by atoms with Crippen molar-refractivity contribution in [2.75, 3.05) is 5.32 Å². The molecule has 0 fully saturated rings. The Morgan fingerprint density at radius 3 is 2.42 bits per heavy atom. The van der Waals surface area contributed by atoms with Gasteiger partial charge in [0.25, 0.3) is 0 Å². The summed E-state index contributed by atoms with van der Waals surface area (Å²) in [6.45, 7) is 8.48. The van der Waals surface area contributed by atoms with Crippen LogP contribution in [0, 0.1) is 20.8 Å². The molecule has 1 unspecified atom stereocenters. The topological polar surface area (TPSA) is 24.9 Å². The van der Waals surface area contributed by atoms with Gasteiger partial charge in [-0.25, -0.2) is 4.98 Å². The van der Waals surface area contributed by atoms with E-state index in [-0.39, 0.29) is 6.04 Å². The molecule has 0 saturated carbocycles. The molecule has 0 aliphatic rings. The maximum atomic E-state index is 4.41. The summed E-state index contributed by atoms with van der Waals surface area (Å²) in [5.41, 5.74) is 6.04. The summed E-state index contributed by atoms with van der Waals surface area (Å²) in [6.07, 6.45) is 0. The molecule has 0 bridgehead atoms. The third kappa shape index (κ3) is 3.35. The number of hydrogen-bond acceptors (Lipinski definition) is 2. The van der Waals surface area contributed by atoms with Gasteiger partial charge < -0.3 is 5.32 Å². The summed E-state index contributed by atoms with van der Waals surface area (Å²) < 4.78 is 0.870. The smallest absolute Gasteiger partial charge is 0.106 e. The van der Waals surface area contributed by atoms with E-state index in [2.05, 4.69) is 71.3 Å². The highest BCUT2D eigenvalue weighted by Crippen LogP contribution is 2.23. The average molecular weight is 319 g/mol. The number of benzene rings is 1. The first kappa shape index (κ1) is 14.1. The van der Waals surface area contributed by atoms with Crippen LogP contribution >= 0.6 is 15.9 Å². The third-order valence-electron chi connectivity index (χ3n) is 3.45. The molecule has 0 amide bonds. The zero-order valence-electron chi connectivity index (χ0n) is 11.8. The fourth-order valence-electron chi connectivity index (χ4n) is 2.03. The van der Waals surface area contributed by atoms with Crippen molar-refractivity contribution in [1.82, 2.24) is 4.98 Å². The van der Waals surface area contributed by atoms with Crippen molar-refractivity contribution in [3.63, 3.8) is 0 Å². The Morgan fingerprint density at radius 1 is 1.05 bits per heavy atom. The van der Waals surface area contributed by atoms with E-state index in [1.807, 2.05) is 13.0 Å². The van der Waals surface area contributed by atoms with Crippen LogP contribution in [-0.2, 0) is 0 Å². The lowest BCUT2D eigenvalue weighted by Gasteiger charge is -2.18. The highest BCUT2D eigenvalue weighted by atomic mass is 79.9. The zero-order chi connectivity index (χ0) is 14.0. The predicted octanol–water partition coefficient (Wildman–Crippen LogP) is 4.94. The number of nitrogens with zero attached hydrogens (tertiary/aromatic N) is 1. The summed E-state index contributed by atoms with van der Waals surface area (Å²) in [5.74, 6) is 0. The molecule has 1 atom stereocenters. The number of pyridine rings is 1. The molecule has 0 radical (unpaired) electrons. The molecule has 0 saturated heterocycles. The number of halogens is 1. The minimum Gasteiger partial charge on any atom is -0.377 e. The zero-order valence-corrected chi connectivity index (χ0v) is 13.4. The number of nitrogens with one attached hydrogen (secondary N) is 1. The first-order valence-corrected chi connectivity index (χ1v) is 7.23. The third-order valence-corrected chi connectivity index (χ3v) is 3.90. The number of rotatable bonds is 3. The summed E-state index contributed by atoms with van der Waals surface area (Å²) >= 11 is 3.39. The quantitative estimate of drug-likeness (QED) is 0.810. The van der Waals surface area contributed by atoms with Crippen molar-refractivity contribution in [2.24, 2.45) is 0 Å². The Kier molecular flexibility index (Phi) is 4.25. The lowest BCUT2D eigenvalue weighted by molar-refractivity contribution is 0.875. The van der Waals surface area contributed by atoms with E-state index in [0.717, 1.165) is 16.0 Å². The summed E-state index contributed by atoms with van der Waals surface area (Å²) in [6, 6.07) is 10.9. The largest absolute Gasteiger partial charge is 0.377 e. The van der Waals surface area contributed by atoms with Gasteiger partial charge in [-0.1, -0.05) is 18.2 Å². The molecule has 2 aromatic rings. The lowest BCUT2D eigenvalue weighted by Crippen LogP contribution is -2.08. The predicted molar refractivity (Wildman–Crippen MR) is 84.6 cm³/mol. The van der Waals surface area contributed by atoms with E-state index in [1.54, 1.807) is 0 Å². The second-order valence-corrected chi connectivity index (χ2v) is 5.79. The van der Waals surface area contributed by atoms with Gasteiger partial charge in [-0.05, 0) is 72.4 Å². The molecule has 19 heavy (non-hydrogen) atoms. The molecule has 1 N–H and O–H groups in total. The van der Waals surface area contributed by atoms with Gasteiger partial charge in [-0.15, -0.1) is 0 Å². The Labute approximate surface area is 123 Å². The molecule has 1 aromatic carbocycles. The summed E-state index contributed by atoms with van der Waals surface area (Å²) in [4.78, 5) is 4.41. The van der Waals surface area contributed by atoms with Crippen molar-refractivity contribution >= 4 is 21.6 Å². The normalized spacial score (nSPS) is 12.3. The standard InChI is InChI=1S/C16H19BrN2/c1-10-5-6-14(9-11(10)2)12(3)18-15-7-8-16(17)19-13(15)4/h5-9,12,18H,1-4H3. The lowest BCUT2D eigenvalue weighted by atomic mass is 10.0.